The van der Waals surface area contributed by atoms with Gasteiger partial charge in [-0.05, 0) is 24.6 Å². The molecular formula is C13H15BrO3. The minimum Gasteiger partial charge on any atom is -0.454 e. The molecule has 0 unspecified atom stereocenters. The zero-order valence-corrected chi connectivity index (χ0v) is 11.3. The van der Waals surface area contributed by atoms with Crippen molar-refractivity contribution in [3.8, 4) is 11.5 Å². The molecule has 0 saturated heterocycles. The van der Waals surface area contributed by atoms with Crippen molar-refractivity contribution in [1.82, 2.24) is 0 Å². The second-order valence-electron chi connectivity index (χ2n) is 3.83. The lowest BCUT2D eigenvalue weighted by Crippen LogP contribution is -2.13. The Morgan fingerprint density at radius 3 is 2.94 bits per heavy atom. The number of benzene rings is 1. The van der Waals surface area contributed by atoms with Gasteiger partial charge in [0.05, 0.1) is 12.7 Å². The Morgan fingerprint density at radius 2 is 2.24 bits per heavy atom. The first-order chi connectivity index (χ1) is 8.22. The van der Waals surface area contributed by atoms with Crippen molar-refractivity contribution in [3.05, 3.63) is 36.4 Å². The van der Waals surface area contributed by atoms with Gasteiger partial charge in [-0.25, -0.2) is 0 Å². The van der Waals surface area contributed by atoms with Gasteiger partial charge in [-0.2, -0.15) is 0 Å². The van der Waals surface area contributed by atoms with Crippen LogP contribution < -0.4 is 9.47 Å². The third kappa shape index (κ3) is 2.82. The minimum atomic E-state index is -0.0255. The van der Waals surface area contributed by atoms with Crippen LogP contribution in [-0.2, 0) is 4.74 Å². The Balaban J connectivity index is 2.20. The van der Waals surface area contributed by atoms with Gasteiger partial charge in [0, 0.05) is 4.83 Å². The highest BCUT2D eigenvalue weighted by molar-refractivity contribution is 9.09. The normalized spacial score (nSPS) is 16.6. The number of ether oxygens (including phenoxy) is 3. The number of rotatable bonds is 5. The third-order valence-electron chi connectivity index (χ3n) is 2.54. The topological polar surface area (TPSA) is 27.7 Å². The van der Waals surface area contributed by atoms with E-state index in [1.165, 1.54) is 0 Å². The Kier molecular flexibility index (Phi) is 4.07. The molecular weight excluding hydrogens is 284 g/mol. The molecule has 1 heterocycles. The number of alkyl halides is 1. The van der Waals surface area contributed by atoms with Crippen LogP contribution in [0.15, 0.2) is 30.9 Å². The predicted octanol–water partition coefficient (Wildman–Crippen LogP) is 3.44. The maximum atomic E-state index is 5.74. The molecule has 0 bridgehead atoms. The van der Waals surface area contributed by atoms with Crippen LogP contribution >= 0.6 is 15.9 Å². The van der Waals surface area contributed by atoms with E-state index in [1.807, 2.05) is 18.2 Å². The van der Waals surface area contributed by atoms with Crippen molar-refractivity contribution in [1.29, 1.82) is 0 Å². The Morgan fingerprint density at radius 1 is 1.47 bits per heavy atom. The van der Waals surface area contributed by atoms with Crippen LogP contribution in [0.5, 0.6) is 11.5 Å². The summed E-state index contributed by atoms with van der Waals surface area (Å²) in [4.78, 5) is 0.211. The zero-order chi connectivity index (χ0) is 12.3. The summed E-state index contributed by atoms with van der Waals surface area (Å²) >= 11 is 3.56. The first kappa shape index (κ1) is 12.5. The van der Waals surface area contributed by atoms with E-state index in [9.17, 15) is 0 Å². The molecule has 1 aliphatic heterocycles. The van der Waals surface area contributed by atoms with Crippen LogP contribution in [0.25, 0.3) is 0 Å². The van der Waals surface area contributed by atoms with Crippen molar-refractivity contribution < 1.29 is 14.2 Å². The summed E-state index contributed by atoms with van der Waals surface area (Å²) in [5.74, 6) is 1.57. The second kappa shape index (κ2) is 5.56. The van der Waals surface area contributed by atoms with Gasteiger partial charge in [-0.3, -0.25) is 0 Å². The van der Waals surface area contributed by atoms with Gasteiger partial charge in [-0.15, -0.1) is 6.58 Å². The molecule has 92 valence electrons. The van der Waals surface area contributed by atoms with Crippen molar-refractivity contribution in [2.24, 2.45) is 0 Å². The maximum absolute atomic E-state index is 5.74. The van der Waals surface area contributed by atoms with Crippen LogP contribution in [0, 0.1) is 0 Å². The highest BCUT2D eigenvalue weighted by Crippen LogP contribution is 2.36. The van der Waals surface area contributed by atoms with E-state index in [-0.39, 0.29) is 10.9 Å². The molecule has 2 rings (SSSR count). The molecule has 0 N–H and O–H groups in total. The standard InChI is InChI=1S/C13H15BrO3/c1-3-6-15-13(9(2)14)10-4-5-11-12(7-10)17-8-16-11/h3-5,7,9,13H,1,6,8H2,2H3/t9-,13+/m1/s1. The van der Waals surface area contributed by atoms with E-state index in [4.69, 9.17) is 14.2 Å². The largest absolute Gasteiger partial charge is 0.454 e. The van der Waals surface area contributed by atoms with Gasteiger partial charge in [0.25, 0.3) is 0 Å². The summed E-state index contributed by atoms with van der Waals surface area (Å²) in [6, 6.07) is 5.88. The van der Waals surface area contributed by atoms with E-state index in [0.29, 0.717) is 13.4 Å². The fraction of sp³-hybridized carbons (Fsp3) is 0.385. The minimum absolute atomic E-state index is 0.0255. The van der Waals surface area contributed by atoms with Gasteiger partial charge in [0.2, 0.25) is 6.79 Å². The van der Waals surface area contributed by atoms with Crippen LogP contribution in [0.1, 0.15) is 18.6 Å². The first-order valence-electron chi connectivity index (χ1n) is 5.48. The SMILES string of the molecule is C=CCO[C@H](c1ccc2c(c1)OCO2)[C@@H](C)Br. The molecule has 17 heavy (non-hydrogen) atoms. The number of hydrogen-bond donors (Lipinski definition) is 0. The van der Waals surface area contributed by atoms with Crippen molar-refractivity contribution in [2.45, 2.75) is 17.9 Å². The molecule has 2 atom stereocenters. The average molecular weight is 299 g/mol. The summed E-state index contributed by atoms with van der Waals surface area (Å²) in [6.45, 7) is 6.53. The molecule has 0 radical (unpaired) electrons. The van der Waals surface area contributed by atoms with E-state index in [2.05, 4.69) is 29.4 Å². The van der Waals surface area contributed by atoms with Gasteiger partial charge >= 0.3 is 0 Å². The van der Waals surface area contributed by atoms with E-state index in [1.54, 1.807) is 6.08 Å². The number of halogens is 1. The molecule has 0 aliphatic carbocycles. The monoisotopic (exact) mass is 298 g/mol. The summed E-state index contributed by atoms with van der Waals surface area (Å²) < 4.78 is 16.4. The van der Waals surface area contributed by atoms with Crippen LogP contribution in [0.3, 0.4) is 0 Å². The summed E-state index contributed by atoms with van der Waals surface area (Å²) in [5, 5.41) is 0. The molecule has 3 nitrogen and oxygen atoms in total. The highest BCUT2D eigenvalue weighted by Gasteiger charge is 2.21. The molecule has 1 aromatic rings. The predicted molar refractivity (Wildman–Crippen MR) is 69.8 cm³/mol. The Hall–Kier alpha value is -1.00. The van der Waals surface area contributed by atoms with Crippen molar-refractivity contribution in [2.75, 3.05) is 13.4 Å². The lowest BCUT2D eigenvalue weighted by molar-refractivity contribution is 0.0767. The lowest BCUT2D eigenvalue weighted by atomic mass is 10.1. The average Bonchev–Trinajstić information content (AvgIpc) is 2.76. The van der Waals surface area contributed by atoms with Crippen molar-refractivity contribution in [3.63, 3.8) is 0 Å². The van der Waals surface area contributed by atoms with E-state index >= 15 is 0 Å². The molecule has 0 aromatic heterocycles. The second-order valence-corrected chi connectivity index (χ2v) is 5.28. The quantitative estimate of drug-likeness (QED) is 0.616. The Bertz CT molecular complexity index is 404. The summed E-state index contributed by atoms with van der Waals surface area (Å²) in [5.41, 5.74) is 1.07. The number of fused-ring (bicyclic) bond motifs is 1. The summed E-state index contributed by atoms with van der Waals surface area (Å²) in [7, 11) is 0. The molecule has 0 saturated carbocycles. The highest BCUT2D eigenvalue weighted by atomic mass is 79.9. The van der Waals surface area contributed by atoms with Gasteiger partial charge in [-0.1, -0.05) is 28.1 Å². The van der Waals surface area contributed by atoms with E-state index < -0.39 is 0 Å². The molecule has 4 heteroatoms. The molecule has 0 amide bonds. The van der Waals surface area contributed by atoms with Gasteiger partial charge in [0.1, 0.15) is 0 Å². The smallest absolute Gasteiger partial charge is 0.231 e. The van der Waals surface area contributed by atoms with Gasteiger partial charge in [0.15, 0.2) is 11.5 Å². The lowest BCUT2D eigenvalue weighted by Gasteiger charge is -2.20. The fourth-order valence-electron chi connectivity index (χ4n) is 1.76. The van der Waals surface area contributed by atoms with Crippen LogP contribution in [0.4, 0.5) is 0 Å². The number of hydrogen-bond acceptors (Lipinski definition) is 3. The molecule has 0 spiro atoms. The fourth-order valence-corrected chi connectivity index (χ4v) is 2.21. The summed E-state index contributed by atoms with van der Waals surface area (Å²) in [6.07, 6.45) is 1.72. The molecule has 0 fully saturated rings. The van der Waals surface area contributed by atoms with Crippen LogP contribution in [-0.4, -0.2) is 18.2 Å². The van der Waals surface area contributed by atoms with E-state index in [0.717, 1.165) is 17.1 Å². The zero-order valence-electron chi connectivity index (χ0n) is 9.69. The third-order valence-corrected chi connectivity index (χ3v) is 3.02. The molecule has 1 aliphatic rings. The molecule has 1 aromatic carbocycles. The van der Waals surface area contributed by atoms with Gasteiger partial charge < -0.3 is 14.2 Å². The van der Waals surface area contributed by atoms with Crippen molar-refractivity contribution >= 4 is 15.9 Å². The first-order valence-corrected chi connectivity index (χ1v) is 6.40. The van der Waals surface area contributed by atoms with Crippen LogP contribution in [0.2, 0.25) is 0 Å². The maximum Gasteiger partial charge on any atom is 0.231 e. The Labute approximate surface area is 109 Å².